The molecule has 0 saturated carbocycles. The molecule has 0 radical (unpaired) electrons. The zero-order chi connectivity index (χ0) is 17.9. The smallest absolute Gasteiger partial charge is 0.249 e. The number of aryl methyl sites for hydroxylation is 1. The molecule has 1 unspecified atom stereocenters. The zero-order valence-electron chi connectivity index (χ0n) is 14.8. The number of rotatable bonds is 5. The summed E-state index contributed by atoms with van der Waals surface area (Å²) in [5.74, 6) is 2.92. The molecule has 134 valence electrons. The van der Waals surface area contributed by atoms with Gasteiger partial charge < -0.3 is 15.2 Å². The molecule has 7 heteroatoms. The summed E-state index contributed by atoms with van der Waals surface area (Å²) in [6, 6.07) is 11.9. The van der Waals surface area contributed by atoms with Crippen molar-refractivity contribution in [2.75, 3.05) is 18.0 Å². The highest BCUT2D eigenvalue weighted by Gasteiger charge is 2.32. The Labute approximate surface area is 152 Å². The van der Waals surface area contributed by atoms with Crippen LogP contribution in [-0.4, -0.2) is 33.2 Å². The van der Waals surface area contributed by atoms with Gasteiger partial charge in [0.1, 0.15) is 17.7 Å². The van der Waals surface area contributed by atoms with Crippen molar-refractivity contribution in [2.24, 2.45) is 5.73 Å². The van der Waals surface area contributed by atoms with Gasteiger partial charge in [-0.1, -0.05) is 35.5 Å². The van der Waals surface area contributed by atoms with Crippen LogP contribution in [0.15, 0.2) is 40.9 Å². The van der Waals surface area contributed by atoms with E-state index in [0.717, 1.165) is 48.7 Å². The Morgan fingerprint density at radius 1 is 1.19 bits per heavy atom. The molecule has 7 nitrogen and oxygen atoms in total. The Bertz CT molecular complexity index is 879. The van der Waals surface area contributed by atoms with Crippen LogP contribution >= 0.6 is 0 Å². The molecule has 1 aliphatic rings. The fraction of sp³-hybridized carbons (Fsp3) is 0.368. The number of hydrogen-bond acceptors (Lipinski definition) is 7. The summed E-state index contributed by atoms with van der Waals surface area (Å²) in [5.41, 5.74) is 7.61. The van der Waals surface area contributed by atoms with Gasteiger partial charge in [-0.05, 0) is 26.3 Å². The van der Waals surface area contributed by atoms with Gasteiger partial charge in [0.15, 0.2) is 0 Å². The minimum Gasteiger partial charge on any atom is -0.344 e. The van der Waals surface area contributed by atoms with Crippen LogP contribution in [0, 0.1) is 6.92 Å². The van der Waals surface area contributed by atoms with E-state index >= 15 is 0 Å². The number of nitrogens with two attached hydrogens (primary N) is 1. The molecular weight excluding hydrogens is 328 g/mol. The van der Waals surface area contributed by atoms with Gasteiger partial charge in [-0.3, -0.25) is 0 Å². The molecule has 0 spiro atoms. The second-order valence-electron chi connectivity index (χ2n) is 6.48. The van der Waals surface area contributed by atoms with Crippen molar-refractivity contribution in [3.8, 4) is 11.4 Å². The van der Waals surface area contributed by atoms with E-state index in [9.17, 15) is 0 Å². The van der Waals surface area contributed by atoms with Gasteiger partial charge >= 0.3 is 0 Å². The highest BCUT2D eigenvalue weighted by Crippen LogP contribution is 2.35. The molecular formula is C19H22N6O. The molecule has 1 saturated heterocycles. The molecule has 2 N–H and O–H groups in total. The van der Waals surface area contributed by atoms with Gasteiger partial charge in [0.05, 0.1) is 0 Å². The summed E-state index contributed by atoms with van der Waals surface area (Å²) < 4.78 is 5.60. The molecule has 0 aliphatic carbocycles. The SMILES string of the molecule is Cc1nc(CCN)cc(N2CCCC2c2nc(-c3ccccc3)no2)n1. The second-order valence-corrected chi connectivity index (χ2v) is 6.48. The van der Waals surface area contributed by atoms with Crippen LogP contribution in [0.3, 0.4) is 0 Å². The molecule has 2 aromatic heterocycles. The van der Waals surface area contributed by atoms with Gasteiger partial charge in [0.25, 0.3) is 0 Å². The first-order chi connectivity index (χ1) is 12.7. The minimum atomic E-state index is 0.0417. The zero-order valence-corrected chi connectivity index (χ0v) is 14.8. The lowest BCUT2D eigenvalue weighted by atomic mass is 10.2. The van der Waals surface area contributed by atoms with Crippen LogP contribution < -0.4 is 10.6 Å². The third-order valence-electron chi connectivity index (χ3n) is 4.58. The topological polar surface area (TPSA) is 94.0 Å². The number of nitrogens with zero attached hydrogens (tertiary/aromatic N) is 5. The van der Waals surface area contributed by atoms with E-state index in [1.807, 2.05) is 43.3 Å². The van der Waals surface area contributed by atoms with Crippen LogP contribution in [0.4, 0.5) is 5.82 Å². The Morgan fingerprint density at radius 2 is 2.04 bits per heavy atom. The van der Waals surface area contributed by atoms with E-state index in [0.29, 0.717) is 18.3 Å². The summed E-state index contributed by atoms with van der Waals surface area (Å²) in [7, 11) is 0. The summed E-state index contributed by atoms with van der Waals surface area (Å²) in [6.45, 7) is 3.39. The molecule has 1 aliphatic heterocycles. The maximum Gasteiger partial charge on any atom is 0.249 e. The molecule has 3 heterocycles. The lowest BCUT2D eigenvalue weighted by Gasteiger charge is -2.23. The number of hydrogen-bond donors (Lipinski definition) is 1. The largest absolute Gasteiger partial charge is 0.344 e. The van der Waals surface area contributed by atoms with E-state index in [1.54, 1.807) is 0 Å². The molecule has 1 atom stereocenters. The molecule has 1 aromatic carbocycles. The summed E-state index contributed by atoms with van der Waals surface area (Å²) in [5, 5.41) is 4.16. The van der Waals surface area contributed by atoms with Crippen molar-refractivity contribution in [3.05, 3.63) is 53.8 Å². The first-order valence-electron chi connectivity index (χ1n) is 8.95. The Morgan fingerprint density at radius 3 is 2.85 bits per heavy atom. The van der Waals surface area contributed by atoms with Crippen molar-refractivity contribution in [2.45, 2.75) is 32.2 Å². The number of benzene rings is 1. The number of aromatic nitrogens is 4. The maximum atomic E-state index is 5.68. The normalized spacial score (nSPS) is 17.0. The Kier molecular flexibility index (Phi) is 4.62. The van der Waals surface area contributed by atoms with Gasteiger partial charge in [-0.2, -0.15) is 4.98 Å². The van der Waals surface area contributed by atoms with Crippen molar-refractivity contribution in [1.82, 2.24) is 20.1 Å². The van der Waals surface area contributed by atoms with E-state index in [-0.39, 0.29) is 6.04 Å². The van der Waals surface area contributed by atoms with E-state index in [2.05, 4.69) is 25.0 Å². The summed E-state index contributed by atoms with van der Waals surface area (Å²) >= 11 is 0. The first-order valence-corrected chi connectivity index (χ1v) is 8.95. The lowest BCUT2D eigenvalue weighted by Crippen LogP contribution is -2.24. The highest BCUT2D eigenvalue weighted by atomic mass is 16.5. The predicted octanol–water partition coefficient (Wildman–Crippen LogP) is 2.68. The Balaban J connectivity index is 1.62. The monoisotopic (exact) mass is 350 g/mol. The third-order valence-corrected chi connectivity index (χ3v) is 4.58. The van der Waals surface area contributed by atoms with Crippen LogP contribution in [-0.2, 0) is 6.42 Å². The van der Waals surface area contributed by atoms with Crippen LogP contribution in [0.1, 0.15) is 36.3 Å². The third kappa shape index (κ3) is 3.30. The molecule has 1 fully saturated rings. The van der Waals surface area contributed by atoms with Crippen molar-refractivity contribution < 1.29 is 4.52 Å². The average Bonchev–Trinajstić information content (AvgIpc) is 3.31. The highest BCUT2D eigenvalue weighted by molar-refractivity contribution is 5.54. The molecule has 0 amide bonds. The van der Waals surface area contributed by atoms with Crippen LogP contribution in [0.5, 0.6) is 0 Å². The lowest BCUT2D eigenvalue weighted by molar-refractivity contribution is 0.354. The van der Waals surface area contributed by atoms with Gasteiger partial charge in [-0.25, -0.2) is 9.97 Å². The van der Waals surface area contributed by atoms with Crippen molar-refractivity contribution in [3.63, 3.8) is 0 Å². The molecule has 26 heavy (non-hydrogen) atoms. The molecule has 0 bridgehead atoms. The number of anilines is 1. The van der Waals surface area contributed by atoms with Crippen LogP contribution in [0.2, 0.25) is 0 Å². The van der Waals surface area contributed by atoms with Crippen molar-refractivity contribution in [1.29, 1.82) is 0 Å². The van der Waals surface area contributed by atoms with Gasteiger partial charge in [0, 0.05) is 30.3 Å². The van der Waals surface area contributed by atoms with Crippen LogP contribution in [0.25, 0.3) is 11.4 Å². The predicted molar refractivity (Wildman–Crippen MR) is 98.6 cm³/mol. The van der Waals surface area contributed by atoms with Gasteiger partial charge in [-0.15, -0.1) is 0 Å². The standard InChI is InChI=1S/C19H22N6O/c1-13-21-15(9-10-20)12-17(22-13)25-11-5-8-16(25)19-23-18(24-26-19)14-6-3-2-4-7-14/h2-4,6-7,12,16H,5,8-11,20H2,1H3. The first kappa shape index (κ1) is 16.7. The quantitative estimate of drug-likeness (QED) is 0.756. The van der Waals surface area contributed by atoms with Crippen molar-refractivity contribution >= 4 is 5.82 Å². The average molecular weight is 350 g/mol. The van der Waals surface area contributed by atoms with E-state index in [4.69, 9.17) is 10.3 Å². The summed E-state index contributed by atoms with van der Waals surface area (Å²) in [4.78, 5) is 16.0. The van der Waals surface area contributed by atoms with E-state index in [1.165, 1.54) is 0 Å². The Hall–Kier alpha value is -2.80. The van der Waals surface area contributed by atoms with E-state index < -0.39 is 0 Å². The molecule has 3 aromatic rings. The minimum absolute atomic E-state index is 0.0417. The summed E-state index contributed by atoms with van der Waals surface area (Å²) in [6.07, 6.45) is 2.77. The van der Waals surface area contributed by atoms with Gasteiger partial charge in [0.2, 0.25) is 11.7 Å². The fourth-order valence-electron chi connectivity index (χ4n) is 3.41. The second kappa shape index (κ2) is 7.21. The fourth-order valence-corrected chi connectivity index (χ4v) is 3.41. The molecule has 4 rings (SSSR count). The maximum absolute atomic E-state index is 5.68.